The maximum Gasteiger partial charge on any atom is 0.231 e. The van der Waals surface area contributed by atoms with E-state index in [1.165, 1.54) is 25.3 Å². The van der Waals surface area contributed by atoms with Crippen molar-refractivity contribution in [2.24, 2.45) is 0 Å². The Morgan fingerprint density at radius 2 is 2.00 bits per heavy atom. The van der Waals surface area contributed by atoms with Gasteiger partial charge in [-0.25, -0.2) is 13.4 Å². The summed E-state index contributed by atoms with van der Waals surface area (Å²) in [6.45, 7) is 1.31. The lowest BCUT2D eigenvalue weighted by Gasteiger charge is -2.03. The zero-order chi connectivity index (χ0) is 13.1. The second-order valence-electron chi connectivity index (χ2n) is 3.58. The molecule has 0 saturated heterocycles. The van der Waals surface area contributed by atoms with Gasteiger partial charge < -0.3 is 5.32 Å². The summed E-state index contributed by atoms with van der Waals surface area (Å²) in [7, 11) is -3.34. The van der Waals surface area contributed by atoms with Crippen LogP contribution in [0.3, 0.4) is 0 Å². The number of sulfone groups is 1. The van der Waals surface area contributed by atoms with E-state index in [0.717, 1.165) is 6.26 Å². The number of amides is 1. The van der Waals surface area contributed by atoms with Gasteiger partial charge in [-0.3, -0.25) is 9.59 Å². The maximum atomic E-state index is 11.2. The van der Waals surface area contributed by atoms with Crippen molar-refractivity contribution in [1.82, 2.24) is 4.98 Å². The summed E-state index contributed by atoms with van der Waals surface area (Å²) in [5, 5.41) is 2.37. The van der Waals surface area contributed by atoms with E-state index in [4.69, 9.17) is 0 Å². The number of rotatable bonds is 4. The highest BCUT2D eigenvalue weighted by Gasteiger charge is 2.09. The first-order valence-corrected chi connectivity index (χ1v) is 6.63. The molecule has 0 radical (unpaired) electrons. The lowest BCUT2D eigenvalue weighted by atomic mass is 10.3. The highest BCUT2D eigenvalue weighted by Crippen LogP contribution is 2.10. The zero-order valence-electron chi connectivity index (χ0n) is 9.43. The van der Waals surface area contributed by atoms with Gasteiger partial charge in [0.25, 0.3) is 0 Å². The molecule has 1 N–H and O–H groups in total. The van der Waals surface area contributed by atoms with Crippen molar-refractivity contribution in [2.45, 2.75) is 18.4 Å². The Kier molecular flexibility index (Phi) is 3.95. The largest absolute Gasteiger partial charge is 0.324 e. The Morgan fingerprint density at radius 1 is 1.35 bits per heavy atom. The smallest absolute Gasteiger partial charge is 0.231 e. The van der Waals surface area contributed by atoms with Gasteiger partial charge in [-0.2, -0.15) is 0 Å². The summed E-state index contributed by atoms with van der Waals surface area (Å²) < 4.78 is 22.2. The molecule has 1 aromatic heterocycles. The average Bonchev–Trinajstić information content (AvgIpc) is 2.15. The number of ketones is 1. The van der Waals surface area contributed by atoms with E-state index >= 15 is 0 Å². The number of Topliss-reactive ketones (excluding diaryl/α,β-unsaturated/α-hetero) is 1. The topological polar surface area (TPSA) is 93.2 Å². The molecule has 7 heteroatoms. The van der Waals surface area contributed by atoms with Crippen LogP contribution in [-0.2, 0) is 19.4 Å². The maximum absolute atomic E-state index is 11.2. The van der Waals surface area contributed by atoms with Gasteiger partial charge in [0.2, 0.25) is 5.91 Å². The highest BCUT2D eigenvalue weighted by molar-refractivity contribution is 7.90. The lowest BCUT2D eigenvalue weighted by molar-refractivity contribution is -0.124. The van der Waals surface area contributed by atoms with Gasteiger partial charge in [0.15, 0.2) is 14.9 Å². The number of hydrogen-bond donors (Lipinski definition) is 1. The molecule has 0 unspecified atom stereocenters. The number of carbonyl (C=O) groups excluding carboxylic acids is 2. The van der Waals surface area contributed by atoms with Crippen molar-refractivity contribution in [3.05, 3.63) is 18.3 Å². The number of carbonyl (C=O) groups is 2. The van der Waals surface area contributed by atoms with Crippen molar-refractivity contribution < 1.29 is 18.0 Å². The molecule has 1 aromatic rings. The Bertz CT molecular complexity index is 534. The van der Waals surface area contributed by atoms with E-state index < -0.39 is 15.7 Å². The van der Waals surface area contributed by atoms with E-state index in [9.17, 15) is 18.0 Å². The number of anilines is 1. The molecule has 0 aliphatic heterocycles. The van der Waals surface area contributed by atoms with E-state index in [2.05, 4.69) is 10.3 Å². The van der Waals surface area contributed by atoms with Crippen molar-refractivity contribution in [1.29, 1.82) is 0 Å². The minimum absolute atomic E-state index is 0.0675. The standard InChI is InChI=1S/C10H12N2O4S/c1-7(13)5-9(14)12-8-3-4-10(11-6-8)17(2,15)16/h3-4,6H,5H2,1-2H3,(H,12,14). The molecule has 0 fully saturated rings. The molecule has 6 nitrogen and oxygen atoms in total. The van der Waals surface area contributed by atoms with Crippen LogP contribution < -0.4 is 5.32 Å². The van der Waals surface area contributed by atoms with E-state index in [0.29, 0.717) is 5.69 Å². The minimum Gasteiger partial charge on any atom is -0.324 e. The van der Waals surface area contributed by atoms with E-state index in [-0.39, 0.29) is 17.2 Å². The van der Waals surface area contributed by atoms with E-state index in [1.54, 1.807) is 0 Å². The first kappa shape index (κ1) is 13.3. The van der Waals surface area contributed by atoms with Gasteiger partial charge in [0, 0.05) is 6.26 Å². The summed E-state index contributed by atoms with van der Waals surface area (Å²) in [6.07, 6.45) is 2.06. The fourth-order valence-corrected chi connectivity index (χ4v) is 1.66. The van der Waals surface area contributed by atoms with Gasteiger partial charge in [-0.15, -0.1) is 0 Å². The normalized spacial score (nSPS) is 10.9. The molecule has 0 atom stereocenters. The number of hydrogen-bond acceptors (Lipinski definition) is 5. The molecule has 1 heterocycles. The van der Waals surface area contributed by atoms with Gasteiger partial charge >= 0.3 is 0 Å². The summed E-state index contributed by atoms with van der Waals surface area (Å²) in [5.41, 5.74) is 0.351. The van der Waals surface area contributed by atoms with E-state index in [1.807, 2.05) is 0 Å². The van der Waals surface area contributed by atoms with Gasteiger partial charge in [0.05, 0.1) is 18.3 Å². The fraction of sp³-hybridized carbons (Fsp3) is 0.300. The SMILES string of the molecule is CC(=O)CC(=O)Nc1ccc(S(C)(=O)=O)nc1. The summed E-state index contributed by atoms with van der Waals surface area (Å²) >= 11 is 0. The first-order valence-electron chi connectivity index (χ1n) is 4.74. The van der Waals surface area contributed by atoms with Crippen LogP contribution in [0.4, 0.5) is 5.69 Å². The molecule has 92 valence electrons. The van der Waals surface area contributed by atoms with Crippen molar-refractivity contribution in [3.8, 4) is 0 Å². The van der Waals surface area contributed by atoms with Crippen LogP contribution in [0, 0.1) is 0 Å². The molecule has 17 heavy (non-hydrogen) atoms. The Balaban J connectivity index is 2.76. The molecule has 1 rings (SSSR count). The highest BCUT2D eigenvalue weighted by atomic mass is 32.2. The minimum atomic E-state index is -3.34. The predicted octanol–water partition coefficient (Wildman–Crippen LogP) is 0.403. The lowest BCUT2D eigenvalue weighted by Crippen LogP contribution is -2.15. The summed E-state index contributed by atoms with van der Waals surface area (Å²) in [5.74, 6) is -0.699. The molecular formula is C10H12N2O4S. The van der Waals surface area contributed by atoms with Crippen LogP contribution in [0.5, 0.6) is 0 Å². The quantitative estimate of drug-likeness (QED) is 0.787. The Morgan fingerprint density at radius 3 is 2.41 bits per heavy atom. The second kappa shape index (κ2) is 5.05. The molecule has 0 aromatic carbocycles. The third kappa shape index (κ3) is 4.31. The van der Waals surface area contributed by atoms with Crippen LogP contribution in [-0.4, -0.2) is 31.3 Å². The van der Waals surface area contributed by atoms with Crippen LogP contribution in [0.15, 0.2) is 23.4 Å². The van der Waals surface area contributed by atoms with Crippen LogP contribution in [0.1, 0.15) is 13.3 Å². The number of nitrogens with one attached hydrogen (secondary N) is 1. The average molecular weight is 256 g/mol. The molecule has 0 aliphatic rings. The number of nitrogens with zero attached hydrogens (tertiary/aromatic N) is 1. The fourth-order valence-electron chi connectivity index (χ4n) is 1.10. The monoisotopic (exact) mass is 256 g/mol. The van der Waals surface area contributed by atoms with Crippen molar-refractivity contribution >= 4 is 27.2 Å². The van der Waals surface area contributed by atoms with Crippen LogP contribution >= 0.6 is 0 Å². The van der Waals surface area contributed by atoms with Gasteiger partial charge in [0.1, 0.15) is 5.78 Å². The molecule has 1 amide bonds. The molecule has 0 spiro atoms. The molecule has 0 aliphatic carbocycles. The third-order valence-corrected chi connectivity index (χ3v) is 2.81. The summed E-state index contributed by atoms with van der Waals surface area (Å²) in [6, 6.07) is 2.71. The second-order valence-corrected chi connectivity index (χ2v) is 5.55. The third-order valence-electron chi connectivity index (χ3n) is 1.81. The molecular weight excluding hydrogens is 244 g/mol. The first-order chi connectivity index (χ1) is 7.79. The Hall–Kier alpha value is -1.76. The van der Waals surface area contributed by atoms with Crippen molar-refractivity contribution in [2.75, 3.05) is 11.6 Å². The zero-order valence-corrected chi connectivity index (χ0v) is 10.2. The van der Waals surface area contributed by atoms with Crippen LogP contribution in [0.25, 0.3) is 0 Å². The predicted molar refractivity (Wildman–Crippen MR) is 61.3 cm³/mol. The number of aromatic nitrogens is 1. The van der Waals surface area contributed by atoms with Gasteiger partial charge in [-0.1, -0.05) is 0 Å². The number of pyridine rings is 1. The van der Waals surface area contributed by atoms with Gasteiger partial charge in [-0.05, 0) is 19.1 Å². The van der Waals surface area contributed by atoms with Crippen LogP contribution in [0.2, 0.25) is 0 Å². The summed E-state index contributed by atoms with van der Waals surface area (Å²) in [4.78, 5) is 25.6. The molecule has 0 saturated carbocycles. The van der Waals surface area contributed by atoms with Crippen molar-refractivity contribution in [3.63, 3.8) is 0 Å². The molecule has 0 bridgehead atoms. The Labute approximate surface area is 99.0 Å².